The highest BCUT2D eigenvalue weighted by Gasteiger charge is 2.42. The van der Waals surface area contributed by atoms with Crippen molar-refractivity contribution in [2.24, 2.45) is 0 Å². The smallest absolute Gasteiger partial charge is 0.174 e. The van der Waals surface area contributed by atoms with Gasteiger partial charge in [0.2, 0.25) is 0 Å². The molecule has 1 fully saturated rings. The maximum atomic E-state index is 5.87. The van der Waals surface area contributed by atoms with Gasteiger partial charge in [0.25, 0.3) is 0 Å². The lowest BCUT2D eigenvalue weighted by atomic mass is 9.96. The Morgan fingerprint density at radius 2 is 1.77 bits per heavy atom. The van der Waals surface area contributed by atoms with Crippen LogP contribution in [-0.2, 0) is 0 Å². The van der Waals surface area contributed by atoms with E-state index in [4.69, 9.17) is 12.2 Å². The molecule has 2 aromatic heterocycles. The Bertz CT molecular complexity index is 1080. The van der Waals surface area contributed by atoms with Crippen LogP contribution >= 0.6 is 12.2 Å². The first-order valence-electron chi connectivity index (χ1n) is 10.6. The molecule has 2 atom stereocenters. The van der Waals surface area contributed by atoms with Crippen LogP contribution in [0.25, 0.3) is 0 Å². The molecule has 3 heterocycles. The lowest BCUT2D eigenvalue weighted by Gasteiger charge is -2.29. The highest BCUT2D eigenvalue weighted by atomic mass is 32.1. The third-order valence-electron chi connectivity index (χ3n) is 6.23. The summed E-state index contributed by atoms with van der Waals surface area (Å²) in [6, 6.07) is 15.4. The minimum absolute atomic E-state index is 0.0126. The minimum atomic E-state index is -0.0126. The van der Waals surface area contributed by atoms with E-state index in [2.05, 4.69) is 91.6 Å². The van der Waals surface area contributed by atoms with Gasteiger partial charge >= 0.3 is 0 Å². The summed E-state index contributed by atoms with van der Waals surface area (Å²) in [5.74, 6) is 0. The molecule has 0 spiro atoms. The summed E-state index contributed by atoms with van der Waals surface area (Å²) in [7, 11) is 0. The SMILES string of the molecule is Cc1ccc(N2C(=S)N[C@@H](c3ccccn3)[C@@H]2c2cc(C)n(C(C)C)c2C)cc1C. The number of anilines is 1. The van der Waals surface area contributed by atoms with Crippen molar-refractivity contribution in [3.63, 3.8) is 0 Å². The van der Waals surface area contributed by atoms with Gasteiger partial charge in [-0.05, 0) is 101 Å². The van der Waals surface area contributed by atoms with Gasteiger partial charge in [0.05, 0.1) is 17.8 Å². The van der Waals surface area contributed by atoms with Crippen LogP contribution in [-0.4, -0.2) is 14.7 Å². The molecule has 0 radical (unpaired) electrons. The number of thiocarbonyl (C=S) groups is 1. The summed E-state index contributed by atoms with van der Waals surface area (Å²) >= 11 is 5.87. The molecule has 1 N–H and O–H groups in total. The number of pyridine rings is 1. The number of hydrogen-bond acceptors (Lipinski definition) is 2. The largest absolute Gasteiger partial charge is 0.351 e. The Labute approximate surface area is 184 Å². The zero-order valence-corrected chi connectivity index (χ0v) is 19.4. The molecule has 1 saturated heterocycles. The van der Waals surface area contributed by atoms with Crippen LogP contribution in [0.2, 0.25) is 0 Å². The molecule has 0 saturated carbocycles. The Balaban J connectivity index is 1.90. The van der Waals surface area contributed by atoms with E-state index in [1.165, 1.54) is 28.1 Å². The van der Waals surface area contributed by atoms with Gasteiger partial charge in [0.1, 0.15) is 0 Å². The van der Waals surface area contributed by atoms with E-state index >= 15 is 0 Å². The van der Waals surface area contributed by atoms with Crippen LogP contribution in [0.4, 0.5) is 5.69 Å². The van der Waals surface area contributed by atoms with Gasteiger partial charge in [-0.25, -0.2) is 0 Å². The summed E-state index contributed by atoms with van der Waals surface area (Å²) in [5, 5.41) is 4.32. The van der Waals surface area contributed by atoms with Crippen molar-refractivity contribution in [1.29, 1.82) is 0 Å². The predicted molar refractivity (Wildman–Crippen MR) is 128 cm³/mol. The predicted octanol–water partition coefficient (Wildman–Crippen LogP) is 5.87. The van der Waals surface area contributed by atoms with Crippen molar-refractivity contribution >= 4 is 23.0 Å². The van der Waals surface area contributed by atoms with Crippen molar-refractivity contribution in [1.82, 2.24) is 14.9 Å². The average molecular weight is 419 g/mol. The second-order valence-corrected chi connectivity index (χ2v) is 8.94. The molecule has 0 amide bonds. The second-order valence-electron chi connectivity index (χ2n) is 8.56. The standard InChI is InChI=1S/C25H30N4S/c1-15(2)28-18(5)14-21(19(28)6)24-23(22-9-7-8-12-26-22)27-25(30)29(24)20-11-10-16(3)17(4)13-20/h7-15,23-24H,1-6H3,(H,27,30)/t23-,24-/m0/s1. The molecular formula is C25H30N4S. The number of benzene rings is 1. The lowest BCUT2D eigenvalue weighted by Crippen LogP contribution is -2.29. The van der Waals surface area contributed by atoms with Crippen LogP contribution in [0, 0.1) is 27.7 Å². The lowest BCUT2D eigenvalue weighted by molar-refractivity contribution is 0.547. The zero-order valence-electron chi connectivity index (χ0n) is 18.6. The maximum Gasteiger partial charge on any atom is 0.174 e. The van der Waals surface area contributed by atoms with E-state index in [0.717, 1.165) is 16.5 Å². The van der Waals surface area contributed by atoms with Gasteiger partial charge in [0.15, 0.2) is 5.11 Å². The molecule has 1 aliphatic heterocycles. The van der Waals surface area contributed by atoms with Crippen LogP contribution in [0.15, 0.2) is 48.7 Å². The van der Waals surface area contributed by atoms with E-state index in [-0.39, 0.29) is 12.1 Å². The second kappa shape index (κ2) is 7.88. The van der Waals surface area contributed by atoms with E-state index in [1.807, 2.05) is 18.3 Å². The normalized spacial score (nSPS) is 18.9. The van der Waals surface area contributed by atoms with Gasteiger partial charge in [-0.2, -0.15) is 0 Å². The summed E-state index contributed by atoms with van der Waals surface area (Å²) in [5.41, 5.74) is 8.53. The number of rotatable bonds is 4. The van der Waals surface area contributed by atoms with Gasteiger partial charge in [-0.1, -0.05) is 12.1 Å². The highest BCUT2D eigenvalue weighted by molar-refractivity contribution is 7.80. The Hall–Kier alpha value is -2.66. The Morgan fingerprint density at radius 1 is 1.00 bits per heavy atom. The molecule has 1 aromatic carbocycles. The van der Waals surface area contributed by atoms with Gasteiger partial charge < -0.3 is 14.8 Å². The molecular weight excluding hydrogens is 388 g/mol. The van der Waals surface area contributed by atoms with Crippen molar-refractivity contribution in [3.8, 4) is 0 Å². The summed E-state index contributed by atoms with van der Waals surface area (Å²) in [4.78, 5) is 6.94. The van der Waals surface area contributed by atoms with E-state index in [0.29, 0.717) is 6.04 Å². The summed E-state index contributed by atoms with van der Waals surface area (Å²) < 4.78 is 2.41. The third kappa shape index (κ3) is 3.41. The molecule has 4 nitrogen and oxygen atoms in total. The molecule has 0 aliphatic carbocycles. The maximum absolute atomic E-state index is 5.87. The monoisotopic (exact) mass is 418 g/mol. The van der Waals surface area contributed by atoms with Crippen molar-refractivity contribution in [3.05, 3.63) is 82.4 Å². The first kappa shape index (κ1) is 20.6. The fraction of sp³-hybridized carbons (Fsp3) is 0.360. The van der Waals surface area contributed by atoms with Crippen LogP contribution in [0.1, 0.15) is 65.7 Å². The van der Waals surface area contributed by atoms with Gasteiger partial charge in [0, 0.05) is 29.3 Å². The third-order valence-corrected chi connectivity index (χ3v) is 6.54. The molecule has 156 valence electrons. The fourth-order valence-electron chi connectivity index (χ4n) is 4.72. The number of aromatic nitrogens is 2. The molecule has 0 bridgehead atoms. The van der Waals surface area contributed by atoms with Gasteiger partial charge in [-0.3, -0.25) is 4.98 Å². The molecule has 5 heteroatoms. The quantitative estimate of drug-likeness (QED) is 0.537. The Kier molecular flexibility index (Phi) is 5.41. The number of nitrogens with zero attached hydrogens (tertiary/aromatic N) is 3. The summed E-state index contributed by atoms with van der Waals surface area (Å²) in [6.45, 7) is 13.2. The van der Waals surface area contributed by atoms with Crippen LogP contribution < -0.4 is 10.2 Å². The highest BCUT2D eigenvalue weighted by Crippen LogP contribution is 2.43. The zero-order chi connectivity index (χ0) is 21.6. The Morgan fingerprint density at radius 3 is 2.37 bits per heavy atom. The molecule has 4 rings (SSSR count). The van der Waals surface area contributed by atoms with Gasteiger partial charge in [-0.15, -0.1) is 0 Å². The van der Waals surface area contributed by atoms with Crippen LogP contribution in [0.3, 0.4) is 0 Å². The minimum Gasteiger partial charge on any atom is -0.351 e. The van der Waals surface area contributed by atoms with Crippen LogP contribution in [0.5, 0.6) is 0 Å². The van der Waals surface area contributed by atoms with Crippen molar-refractivity contribution in [2.75, 3.05) is 4.90 Å². The fourth-order valence-corrected chi connectivity index (χ4v) is 5.07. The number of hydrogen-bond donors (Lipinski definition) is 1. The molecule has 0 unspecified atom stereocenters. The molecule has 3 aromatic rings. The first-order chi connectivity index (χ1) is 14.3. The average Bonchev–Trinajstić information content (AvgIpc) is 3.20. The van der Waals surface area contributed by atoms with E-state index in [1.54, 1.807) is 0 Å². The van der Waals surface area contributed by atoms with Crippen molar-refractivity contribution < 1.29 is 0 Å². The topological polar surface area (TPSA) is 33.1 Å². The molecule has 1 aliphatic rings. The first-order valence-corrected chi connectivity index (χ1v) is 11.0. The van der Waals surface area contributed by atoms with E-state index in [9.17, 15) is 0 Å². The number of aryl methyl sites for hydroxylation is 3. The van der Waals surface area contributed by atoms with E-state index < -0.39 is 0 Å². The summed E-state index contributed by atoms with van der Waals surface area (Å²) in [6.07, 6.45) is 1.85. The molecule has 30 heavy (non-hydrogen) atoms. The van der Waals surface area contributed by atoms with Crippen molar-refractivity contribution in [2.45, 2.75) is 59.7 Å². The number of nitrogens with one attached hydrogen (secondary N) is 1.